The summed E-state index contributed by atoms with van der Waals surface area (Å²) in [6.07, 6.45) is 3.51. The smallest absolute Gasteiger partial charge is 0.320 e. The normalized spacial score (nSPS) is 16.0. The summed E-state index contributed by atoms with van der Waals surface area (Å²) < 4.78 is 17.8. The maximum atomic E-state index is 11.9. The van der Waals surface area contributed by atoms with Crippen LogP contribution in [0.15, 0.2) is 47.2 Å². The predicted octanol–water partition coefficient (Wildman–Crippen LogP) is 4.55. The van der Waals surface area contributed by atoms with E-state index in [4.69, 9.17) is 14.2 Å². The molecule has 4 rings (SSSR count). The van der Waals surface area contributed by atoms with E-state index in [1.807, 2.05) is 43.3 Å². The van der Waals surface area contributed by atoms with E-state index in [9.17, 15) is 4.79 Å². The van der Waals surface area contributed by atoms with Crippen molar-refractivity contribution < 1.29 is 19.0 Å². The predicted molar refractivity (Wildman–Crippen MR) is 130 cm³/mol. The van der Waals surface area contributed by atoms with Crippen LogP contribution in [-0.2, 0) is 9.53 Å². The fraction of sp³-hybridized carbons (Fsp3) is 0.375. The fourth-order valence-corrected chi connectivity index (χ4v) is 4.39. The van der Waals surface area contributed by atoms with E-state index in [2.05, 4.69) is 36.1 Å². The molecule has 1 aromatic heterocycles. The van der Waals surface area contributed by atoms with Crippen molar-refractivity contribution in [3.63, 3.8) is 0 Å². The first-order valence-corrected chi connectivity index (χ1v) is 11.7. The molecule has 8 nitrogen and oxygen atoms in total. The molecule has 1 fully saturated rings. The van der Waals surface area contributed by atoms with Gasteiger partial charge < -0.3 is 19.5 Å². The zero-order valence-electron chi connectivity index (χ0n) is 18.7. The van der Waals surface area contributed by atoms with Crippen LogP contribution in [0.4, 0.5) is 11.5 Å². The minimum absolute atomic E-state index is 0.140. The Hall–Kier alpha value is -2.91. The SMILES string of the molecule is CCOC(=O)CN1CCC[C@H]1COc1cc2c(Nc3cccc(Br)c3)ncnc2cc1OC. The molecule has 1 aliphatic rings. The van der Waals surface area contributed by atoms with Gasteiger partial charge in [0.25, 0.3) is 0 Å². The number of likely N-dealkylation sites (tertiary alicyclic amines) is 1. The Kier molecular flexibility index (Phi) is 7.61. The Labute approximate surface area is 201 Å². The highest BCUT2D eigenvalue weighted by atomic mass is 79.9. The van der Waals surface area contributed by atoms with Gasteiger partial charge in [-0.25, -0.2) is 9.97 Å². The van der Waals surface area contributed by atoms with Gasteiger partial charge in [0.15, 0.2) is 11.5 Å². The molecule has 2 aromatic carbocycles. The van der Waals surface area contributed by atoms with E-state index in [1.54, 1.807) is 7.11 Å². The number of nitrogens with one attached hydrogen (secondary N) is 1. The van der Waals surface area contributed by atoms with E-state index >= 15 is 0 Å². The van der Waals surface area contributed by atoms with Crippen LogP contribution in [0.5, 0.6) is 11.5 Å². The van der Waals surface area contributed by atoms with Gasteiger partial charge in [0.05, 0.1) is 25.8 Å². The number of halogens is 1. The number of anilines is 2. The molecule has 1 saturated heterocycles. The number of fused-ring (bicyclic) bond motifs is 1. The average Bonchev–Trinajstić information content (AvgIpc) is 3.24. The highest BCUT2D eigenvalue weighted by molar-refractivity contribution is 9.10. The van der Waals surface area contributed by atoms with Gasteiger partial charge in [0, 0.05) is 27.7 Å². The number of nitrogens with zero attached hydrogens (tertiary/aromatic N) is 3. The molecular weight excluding hydrogens is 488 g/mol. The lowest BCUT2D eigenvalue weighted by atomic mass is 10.2. The summed E-state index contributed by atoms with van der Waals surface area (Å²) in [4.78, 5) is 22.9. The van der Waals surface area contributed by atoms with Gasteiger partial charge in [-0.2, -0.15) is 0 Å². The van der Waals surface area contributed by atoms with Gasteiger partial charge in [0.1, 0.15) is 18.8 Å². The van der Waals surface area contributed by atoms with Crippen LogP contribution in [0.3, 0.4) is 0 Å². The van der Waals surface area contributed by atoms with Crippen molar-refractivity contribution in [2.24, 2.45) is 0 Å². The van der Waals surface area contributed by atoms with Crippen molar-refractivity contribution in [2.45, 2.75) is 25.8 Å². The first-order chi connectivity index (χ1) is 16.1. The first kappa shape index (κ1) is 23.3. The molecule has 0 aliphatic carbocycles. The molecule has 0 bridgehead atoms. The second-order valence-electron chi connectivity index (χ2n) is 7.76. The van der Waals surface area contributed by atoms with Crippen LogP contribution in [0, 0.1) is 0 Å². The van der Waals surface area contributed by atoms with Gasteiger partial charge in [0.2, 0.25) is 0 Å². The molecule has 1 N–H and O–H groups in total. The molecule has 0 spiro atoms. The Morgan fingerprint density at radius 3 is 2.91 bits per heavy atom. The number of ether oxygens (including phenoxy) is 3. The maximum absolute atomic E-state index is 11.9. The summed E-state index contributed by atoms with van der Waals surface area (Å²) in [5, 5.41) is 4.18. The van der Waals surface area contributed by atoms with Crippen molar-refractivity contribution in [1.29, 1.82) is 0 Å². The Bertz CT molecular complexity index is 1130. The van der Waals surface area contributed by atoms with Crippen LogP contribution in [0.2, 0.25) is 0 Å². The zero-order chi connectivity index (χ0) is 23.2. The molecule has 0 radical (unpaired) electrons. The van der Waals surface area contributed by atoms with Crippen LogP contribution in [-0.4, -0.2) is 60.3 Å². The molecule has 0 amide bonds. The van der Waals surface area contributed by atoms with E-state index in [0.29, 0.717) is 30.5 Å². The topological polar surface area (TPSA) is 85.8 Å². The van der Waals surface area contributed by atoms with Crippen molar-refractivity contribution >= 4 is 44.3 Å². The molecular formula is C24H27BrN4O4. The number of aromatic nitrogens is 2. The Morgan fingerprint density at radius 2 is 2.12 bits per heavy atom. The number of methoxy groups -OCH3 is 1. The lowest BCUT2D eigenvalue weighted by Crippen LogP contribution is -2.38. The number of hydrogen-bond acceptors (Lipinski definition) is 8. The van der Waals surface area contributed by atoms with Crippen molar-refractivity contribution in [2.75, 3.05) is 38.7 Å². The number of hydrogen-bond donors (Lipinski definition) is 1. The molecule has 174 valence electrons. The Balaban J connectivity index is 1.55. The van der Waals surface area contributed by atoms with Crippen LogP contribution < -0.4 is 14.8 Å². The van der Waals surface area contributed by atoms with Gasteiger partial charge in [-0.3, -0.25) is 9.69 Å². The van der Waals surface area contributed by atoms with E-state index in [-0.39, 0.29) is 18.6 Å². The van der Waals surface area contributed by atoms with E-state index < -0.39 is 0 Å². The summed E-state index contributed by atoms with van der Waals surface area (Å²) >= 11 is 3.49. The molecule has 0 unspecified atom stereocenters. The van der Waals surface area contributed by atoms with Gasteiger partial charge in [-0.15, -0.1) is 0 Å². The molecule has 0 saturated carbocycles. The Morgan fingerprint density at radius 1 is 1.24 bits per heavy atom. The first-order valence-electron chi connectivity index (χ1n) is 10.9. The molecule has 1 aliphatic heterocycles. The molecule has 33 heavy (non-hydrogen) atoms. The second kappa shape index (κ2) is 10.8. The number of rotatable bonds is 9. The summed E-state index contributed by atoms with van der Waals surface area (Å²) in [5.74, 6) is 1.69. The van der Waals surface area contributed by atoms with Crippen LogP contribution in [0.25, 0.3) is 10.9 Å². The summed E-state index contributed by atoms with van der Waals surface area (Å²) in [5.41, 5.74) is 1.65. The maximum Gasteiger partial charge on any atom is 0.320 e. The minimum Gasteiger partial charge on any atom is -0.493 e. The van der Waals surface area contributed by atoms with Crippen LogP contribution in [0.1, 0.15) is 19.8 Å². The third kappa shape index (κ3) is 5.72. The summed E-state index contributed by atoms with van der Waals surface area (Å²) in [7, 11) is 1.61. The molecule has 9 heteroatoms. The number of carbonyl (C=O) groups is 1. The molecule has 2 heterocycles. The molecule has 3 aromatic rings. The number of carbonyl (C=O) groups excluding carboxylic acids is 1. The lowest BCUT2D eigenvalue weighted by molar-refractivity contribution is -0.144. The van der Waals surface area contributed by atoms with Gasteiger partial charge in [-0.1, -0.05) is 22.0 Å². The van der Waals surface area contributed by atoms with Gasteiger partial charge >= 0.3 is 5.97 Å². The van der Waals surface area contributed by atoms with Crippen molar-refractivity contribution in [3.05, 3.63) is 47.2 Å². The summed E-state index contributed by atoms with van der Waals surface area (Å²) in [6.45, 7) is 3.79. The van der Waals surface area contributed by atoms with E-state index in [1.165, 1.54) is 6.33 Å². The van der Waals surface area contributed by atoms with Crippen molar-refractivity contribution in [1.82, 2.24) is 14.9 Å². The highest BCUT2D eigenvalue weighted by Gasteiger charge is 2.27. The number of esters is 1. The quantitative estimate of drug-likeness (QED) is 0.416. The monoisotopic (exact) mass is 514 g/mol. The standard InChI is InChI=1S/C24H27BrN4O4/c1-3-32-23(30)13-29-9-5-8-18(29)14-33-22-11-19-20(12-21(22)31-2)26-15-27-24(19)28-17-7-4-6-16(25)10-17/h4,6-7,10-12,15,18H,3,5,8-9,13-14H2,1-2H3,(H,26,27,28)/t18-/m0/s1. The second-order valence-corrected chi connectivity index (χ2v) is 8.68. The number of benzene rings is 2. The van der Waals surface area contributed by atoms with Crippen LogP contribution >= 0.6 is 15.9 Å². The summed E-state index contributed by atoms with van der Waals surface area (Å²) in [6, 6.07) is 11.8. The minimum atomic E-state index is -0.201. The third-order valence-electron chi connectivity index (χ3n) is 5.58. The largest absolute Gasteiger partial charge is 0.493 e. The molecule has 1 atom stereocenters. The fourth-order valence-electron chi connectivity index (χ4n) is 3.99. The van der Waals surface area contributed by atoms with Crippen molar-refractivity contribution in [3.8, 4) is 11.5 Å². The van der Waals surface area contributed by atoms with Gasteiger partial charge in [-0.05, 0) is 50.6 Å². The lowest BCUT2D eigenvalue weighted by Gasteiger charge is -2.24. The zero-order valence-corrected chi connectivity index (χ0v) is 20.3. The highest BCUT2D eigenvalue weighted by Crippen LogP contribution is 2.35. The average molecular weight is 515 g/mol. The van der Waals surface area contributed by atoms with E-state index in [0.717, 1.165) is 40.4 Å². The third-order valence-corrected chi connectivity index (χ3v) is 6.07.